The Morgan fingerprint density at radius 2 is 1.92 bits per heavy atom. The average molecular weight is 429 g/mol. The molecular formula is C18H18Cl2N2O2S2. The number of amides is 1. The van der Waals surface area contributed by atoms with E-state index in [1.165, 1.54) is 11.3 Å². The van der Waals surface area contributed by atoms with E-state index in [9.17, 15) is 9.00 Å². The summed E-state index contributed by atoms with van der Waals surface area (Å²) in [5.74, 6) is 0.500. The number of nitrogens with one attached hydrogen (secondary N) is 1. The highest BCUT2D eigenvalue weighted by Crippen LogP contribution is 2.30. The molecule has 3 aliphatic rings. The quantitative estimate of drug-likeness (QED) is 0.798. The van der Waals surface area contributed by atoms with Gasteiger partial charge in [-0.1, -0.05) is 23.2 Å². The molecule has 1 amide bonds. The Hall–Kier alpha value is -0.920. The summed E-state index contributed by atoms with van der Waals surface area (Å²) < 4.78 is 13.3. The molecule has 1 N–H and O–H groups in total. The van der Waals surface area contributed by atoms with Crippen LogP contribution in [-0.4, -0.2) is 40.7 Å². The number of hydrogen-bond acceptors (Lipinski definition) is 4. The Kier molecular flexibility index (Phi) is 5.39. The molecule has 26 heavy (non-hydrogen) atoms. The monoisotopic (exact) mass is 428 g/mol. The molecule has 2 bridgehead atoms. The number of hydrogen-bond donors (Lipinski definition) is 1. The Bertz CT molecular complexity index is 863. The number of piperidine rings is 3. The number of thiophene rings is 1. The van der Waals surface area contributed by atoms with Crippen LogP contribution in [0.4, 0.5) is 0 Å². The van der Waals surface area contributed by atoms with Crippen molar-refractivity contribution in [2.24, 2.45) is 5.92 Å². The van der Waals surface area contributed by atoms with Crippen molar-refractivity contribution >= 4 is 51.2 Å². The highest BCUT2D eigenvalue weighted by atomic mass is 35.5. The zero-order valence-corrected chi connectivity index (χ0v) is 17.1. The average Bonchev–Trinajstić information content (AvgIpc) is 3.15. The van der Waals surface area contributed by atoms with Gasteiger partial charge in [-0.05, 0) is 62.2 Å². The summed E-state index contributed by atoms with van der Waals surface area (Å²) >= 11 is 13.2. The van der Waals surface area contributed by atoms with Crippen LogP contribution in [0.2, 0.25) is 10.0 Å². The molecule has 3 aliphatic heterocycles. The fourth-order valence-electron chi connectivity index (χ4n) is 3.62. The van der Waals surface area contributed by atoms with Crippen LogP contribution in [-0.2, 0) is 10.8 Å². The van der Waals surface area contributed by atoms with Crippen molar-refractivity contribution in [3.05, 3.63) is 45.3 Å². The van der Waals surface area contributed by atoms with E-state index in [0.29, 0.717) is 29.9 Å². The van der Waals surface area contributed by atoms with Crippen LogP contribution in [0.25, 0.3) is 0 Å². The van der Waals surface area contributed by atoms with E-state index in [4.69, 9.17) is 23.2 Å². The number of fused-ring (bicyclic) bond motifs is 3. The number of halogens is 2. The summed E-state index contributed by atoms with van der Waals surface area (Å²) in [6.45, 7) is 3.22. The maximum absolute atomic E-state index is 12.7. The largest absolute Gasteiger partial charge is 0.347 e. The highest BCUT2D eigenvalue weighted by Gasteiger charge is 2.35. The minimum absolute atomic E-state index is 0.0776. The molecule has 4 heterocycles. The summed E-state index contributed by atoms with van der Waals surface area (Å²) in [6, 6.07) is 8.63. The summed E-state index contributed by atoms with van der Waals surface area (Å²) in [5, 5.41) is 3.96. The second-order valence-electron chi connectivity index (χ2n) is 6.68. The molecule has 0 aliphatic carbocycles. The van der Waals surface area contributed by atoms with Gasteiger partial charge in [0.1, 0.15) is 0 Å². The third-order valence-electron chi connectivity index (χ3n) is 5.07. The van der Waals surface area contributed by atoms with E-state index in [1.807, 2.05) is 0 Å². The molecule has 1 aromatic heterocycles. The van der Waals surface area contributed by atoms with E-state index in [0.717, 1.165) is 32.5 Å². The fraction of sp³-hybridized carbons (Fsp3) is 0.389. The number of rotatable bonds is 4. The third-order valence-corrected chi connectivity index (χ3v) is 8.57. The van der Waals surface area contributed by atoms with Crippen molar-refractivity contribution in [3.8, 4) is 0 Å². The van der Waals surface area contributed by atoms with Gasteiger partial charge in [0.2, 0.25) is 0 Å². The van der Waals surface area contributed by atoms with E-state index in [2.05, 4.69) is 10.2 Å². The van der Waals surface area contributed by atoms with Gasteiger partial charge in [0.25, 0.3) is 5.91 Å². The number of carbonyl (C=O) groups excluding carboxylic acids is 1. The molecule has 0 radical (unpaired) electrons. The van der Waals surface area contributed by atoms with Gasteiger partial charge in [0, 0.05) is 17.5 Å². The highest BCUT2D eigenvalue weighted by molar-refractivity contribution is 7.87. The molecule has 2 atom stereocenters. The molecular weight excluding hydrogens is 411 g/mol. The van der Waals surface area contributed by atoms with E-state index in [-0.39, 0.29) is 11.9 Å². The van der Waals surface area contributed by atoms with Crippen molar-refractivity contribution in [3.63, 3.8) is 0 Å². The predicted molar refractivity (Wildman–Crippen MR) is 106 cm³/mol. The molecule has 138 valence electrons. The zero-order chi connectivity index (χ0) is 18.3. The van der Waals surface area contributed by atoms with Crippen molar-refractivity contribution < 1.29 is 9.00 Å². The molecule has 2 aromatic rings. The molecule has 2 unspecified atom stereocenters. The number of benzene rings is 1. The first-order valence-electron chi connectivity index (χ1n) is 8.51. The first-order chi connectivity index (χ1) is 12.5. The number of nitrogens with zero attached hydrogens (tertiary/aromatic N) is 1. The van der Waals surface area contributed by atoms with Crippen molar-refractivity contribution in [2.45, 2.75) is 28.0 Å². The van der Waals surface area contributed by atoms with E-state index >= 15 is 0 Å². The second kappa shape index (κ2) is 7.60. The molecule has 0 spiro atoms. The maximum atomic E-state index is 12.7. The summed E-state index contributed by atoms with van der Waals surface area (Å²) in [5.41, 5.74) is 0. The van der Waals surface area contributed by atoms with Crippen LogP contribution in [0, 0.1) is 5.92 Å². The normalized spacial score (nSPS) is 25.8. The van der Waals surface area contributed by atoms with Gasteiger partial charge < -0.3 is 10.2 Å². The first-order valence-corrected chi connectivity index (χ1v) is 11.2. The number of carbonyl (C=O) groups is 1. The van der Waals surface area contributed by atoms with Gasteiger partial charge in [0.15, 0.2) is 0 Å². The van der Waals surface area contributed by atoms with Gasteiger partial charge >= 0.3 is 0 Å². The lowest BCUT2D eigenvalue weighted by atomic mass is 9.84. The predicted octanol–water partition coefficient (Wildman–Crippen LogP) is 4.05. The summed E-state index contributed by atoms with van der Waals surface area (Å²) in [4.78, 5) is 16.2. The third kappa shape index (κ3) is 3.71. The van der Waals surface area contributed by atoms with Crippen LogP contribution < -0.4 is 5.32 Å². The fourth-order valence-corrected chi connectivity index (χ4v) is 6.32. The van der Waals surface area contributed by atoms with Gasteiger partial charge in [-0.15, -0.1) is 11.3 Å². The minimum Gasteiger partial charge on any atom is -0.347 e. The summed E-state index contributed by atoms with van der Waals surface area (Å²) in [6.07, 6.45) is 2.31. The Morgan fingerprint density at radius 1 is 1.15 bits per heavy atom. The molecule has 3 fully saturated rings. The lowest BCUT2D eigenvalue weighted by Crippen LogP contribution is -2.57. The van der Waals surface area contributed by atoms with Crippen LogP contribution in [0.5, 0.6) is 0 Å². The van der Waals surface area contributed by atoms with Crippen molar-refractivity contribution in [1.29, 1.82) is 0 Å². The topological polar surface area (TPSA) is 49.4 Å². The van der Waals surface area contributed by atoms with Gasteiger partial charge in [0.05, 0.1) is 29.9 Å². The second-order valence-corrected chi connectivity index (χ2v) is 10.3. The van der Waals surface area contributed by atoms with Crippen LogP contribution in [0.1, 0.15) is 22.5 Å². The first kappa shape index (κ1) is 18.4. The van der Waals surface area contributed by atoms with Gasteiger partial charge in [-0.25, -0.2) is 4.21 Å². The zero-order valence-electron chi connectivity index (χ0n) is 13.9. The van der Waals surface area contributed by atoms with E-state index < -0.39 is 10.8 Å². The van der Waals surface area contributed by atoms with Crippen LogP contribution in [0.3, 0.4) is 0 Å². The molecule has 1 aromatic carbocycles. The van der Waals surface area contributed by atoms with Crippen LogP contribution >= 0.6 is 34.5 Å². The lowest BCUT2D eigenvalue weighted by Gasteiger charge is -2.44. The Morgan fingerprint density at radius 3 is 2.58 bits per heavy atom. The van der Waals surface area contributed by atoms with Crippen molar-refractivity contribution in [1.82, 2.24) is 10.2 Å². The molecule has 0 saturated carbocycles. The lowest BCUT2D eigenvalue weighted by molar-refractivity contribution is 0.0622. The van der Waals surface area contributed by atoms with Crippen molar-refractivity contribution in [2.75, 3.05) is 19.6 Å². The standard InChI is InChI=1S/C18H18Cl2N2O2S2/c19-13-2-1-12(9-14(13)20)26(24)17-4-3-16(25-17)18(23)21-15-10-22-7-5-11(15)6-8-22/h1-4,9,11,15H,5-8,10H2,(H,21,23). The Balaban J connectivity index is 1.46. The molecule has 8 heteroatoms. The van der Waals surface area contributed by atoms with Gasteiger partial charge in [-0.3, -0.25) is 4.79 Å². The maximum Gasteiger partial charge on any atom is 0.261 e. The molecule has 4 nitrogen and oxygen atoms in total. The molecule has 5 rings (SSSR count). The molecule has 3 saturated heterocycles. The Labute approximate surface area is 168 Å². The van der Waals surface area contributed by atoms with Crippen LogP contribution in [0.15, 0.2) is 39.4 Å². The summed E-state index contributed by atoms with van der Waals surface area (Å²) in [7, 11) is -1.38. The van der Waals surface area contributed by atoms with Gasteiger partial charge in [-0.2, -0.15) is 0 Å². The SMILES string of the molecule is O=C(NC1CN2CCC1CC2)c1ccc(S(=O)c2ccc(Cl)c(Cl)c2)s1. The smallest absolute Gasteiger partial charge is 0.261 e. The van der Waals surface area contributed by atoms with E-state index in [1.54, 1.807) is 30.3 Å². The minimum atomic E-state index is -1.38.